The highest BCUT2D eigenvalue weighted by Gasteiger charge is 2.28. The maximum absolute atomic E-state index is 12.5. The standard InChI is InChI=1S/C18H21ClO8/c1-8-4-9(20)2-3-12(22)13(23)6-10(21)5-11-16(18(26)27-8)14(24)7-15(25)17(11)19/h2-3,7-9,12-13,20,22-25H,4-6H2,1H3/t8-,9-,12-,13+/m0/s1. The van der Waals surface area contributed by atoms with E-state index in [9.17, 15) is 35.1 Å². The van der Waals surface area contributed by atoms with Crippen molar-refractivity contribution in [2.24, 2.45) is 0 Å². The smallest absolute Gasteiger partial charge is 0.342 e. The number of aliphatic hydroxyl groups is 3. The van der Waals surface area contributed by atoms with E-state index in [1.165, 1.54) is 13.0 Å². The molecule has 0 unspecified atom stereocenters. The molecule has 0 spiro atoms. The van der Waals surface area contributed by atoms with E-state index >= 15 is 0 Å². The van der Waals surface area contributed by atoms with Crippen molar-refractivity contribution in [3.8, 4) is 11.5 Å². The van der Waals surface area contributed by atoms with Crippen LogP contribution in [0.25, 0.3) is 0 Å². The van der Waals surface area contributed by atoms with Crippen LogP contribution < -0.4 is 0 Å². The van der Waals surface area contributed by atoms with Gasteiger partial charge in [-0.3, -0.25) is 4.79 Å². The number of Topliss-reactive ketones (excluding diaryl/α,β-unsaturated/α-hetero) is 1. The van der Waals surface area contributed by atoms with E-state index < -0.39 is 60.5 Å². The number of carbonyl (C=O) groups is 2. The average molecular weight is 401 g/mol. The molecule has 8 nitrogen and oxygen atoms in total. The van der Waals surface area contributed by atoms with Crippen LogP contribution in [0.4, 0.5) is 0 Å². The highest BCUT2D eigenvalue weighted by atomic mass is 35.5. The SMILES string of the molecule is C[C@H]1C[C@@H](O)C=C[C@H](O)[C@H](O)CC(=O)Cc2c(Cl)c(O)cc(O)c2C(=O)O1. The fourth-order valence-corrected chi connectivity index (χ4v) is 3.00. The summed E-state index contributed by atoms with van der Waals surface area (Å²) in [7, 11) is 0. The molecular weight excluding hydrogens is 380 g/mol. The predicted octanol–water partition coefficient (Wildman–Crippen LogP) is 0.841. The number of hydrogen-bond acceptors (Lipinski definition) is 8. The second-order valence-corrected chi connectivity index (χ2v) is 6.84. The second kappa shape index (κ2) is 8.71. The molecular formula is C18H21ClO8. The number of carbonyl (C=O) groups excluding carboxylic acids is 2. The summed E-state index contributed by atoms with van der Waals surface area (Å²) >= 11 is 6.01. The molecule has 0 fully saturated rings. The van der Waals surface area contributed by atoms with Crippen molar-refractivity contribution in [1.29, 1.82) is 0 Å². The first-order chi connectivity index (χ1) is 12.6. The molecule has 0 aromatic heterocycles. The Morgan fingerprint density at radius 3 is 2.44 bits per heavy atom. The number of phenolic OH excluding ortho intramolecular Hbond substituents is 2. The summed E-state index contributed by atoms with van der Waals surface area (Å²) in [6.45, 7) is 1.51. The zero-order valence-corrected chi connectivity index (χ0v) is 15.3. The van der Waals surface area contributed by atoms with Crippen LogP contribution in [-0.4, -0.2) is 61.7 Å². The highest BCUT2D eigenvalue weighted by molar-refractivity contribution is 6.33. The van der Waals surface area contributed by atoms with Gasteiger partial charge in [-0.1, -0.05) is 23.8 Å². The van der Waals surface area contributed by atoms with Gasteiger partial charge in [-0.15, -0.1) is 0 Å². The minimum atomic E-state index is -1.44. The predicted molar refractivity (Wildman–Crippen MR) is 94.8 cm³/mol. The number of rotatable bonds is 0. The Morgan fingerprint density at radius 2 is 1.78 bits per heavy atom. The zero-order valence-electron chi connectivity index (χ0n) is 14.5. The maximum atomic E-state index is 12.5. The molecule has 1 aromatic rings. The lowest BCUT2D eigenvalue weighted by molar-refractivity contribution is -0.121. The summed E-state index contributed by atoms with van der Waals surface area (Å²) in [4.78, 5) is 24.7. The van der Waals surface area contributed by atoms with Crippen LogP contribution >= 0.6 is 11.6 Å². The first-order valence-electron chi connectivity index (χ1n) is 8.28. The van der Waals surface area contributed by atoms with Crippen LogP contribution in [0.1, 0.15) is 35.7 Å². The molecule has 1 aliphatic rings. The molecule has 0 bridgehead atoms. The van der Waals surface area contributed by atoms with E-state index in [1.54, 1.807) is 0 Å². The fraction of sp³-hybridized carbons (Fsp3) is 0.444. The van der Waals surface area contributed by atoms with Gasteiger partial charge in [0.1, 0.15) is 28.9 Å². The van der Waals surface area contributed by atoms with Crippen molar-refractivity contribution in [2.45, 2.75) is 50.6 Å². The Hall–Kier alpha value is -2.13. The highest BCUT2D eigenvalue weighted by Crippen LogP contribution is 2.37. The topological polar surface area (TPSA) is 145 Å². The third-order valence-corrected chi connectivity index (χ3v) is 4.56. The molecule has 0 amide bonds. The second-order valence-electron chi connectivity index (χ2n) is 6.46. The van der Waals surface area contributed by atoms with Gasteiger partial charge in [-0.05, 0) is 6.92 Å². The largest absolute Gasteiger partial charge is 0.507 e. The van der Waals surface area contributed by atoms with Crippen molar-refractivity contribution in [3.05, 3.63) is 34.4 Å². The minimum absolute atomic E-state index is 0.00804. The molecule has 1 aromatic carbocycles. The quantitative estimate of drug-likeness (QED) is 0.318. The van der Waals surface area contributed by atoms with E-state index in [4.69, 9.17) is 16.3 Å². The van der Waals surface area contributed by atoms with Crippen LogP contribution in [0.2, 0.25) is 5.02 Å². The van der Waals surface area contributed by atoms with E-state index in [-0.39, 0.29) is 22.6 Å². The monoisotopic (exact) mass is 400 g/mol. The summed E-state index contributed by atoms with van der Waals surface area (Å²) in [5.41, 5.74) is -0.527. The first kappa shape index (κ1) is 21.2. The van der Waals surface area contributed by atoms with Crippen molar-refractivity contribution in [1.82, 2.24) is 0 Å². The van der Waals surface area contributed by atoms with Crippen LogP contribution in [0.15, 0.2) is 18.2 Å². The summed E-state index contributed by atoms with van der Waals surface area (Å²) in [5.74, 6) is -2.72. The number of benzene rings is 1. The third kappa shape index (κ3) is 5.20. The summed E-state index contributed by atoms with van der Waals surface area (Å²) in [6.07, 6.45) is -3.27. The molecule has 9 heteroatoms. The lowest BCUT2D eigenvalue weighted by Crippen LogP contribution is -2.29. The Labute approximate surface area is 160 Å². The van der Waals surface area contributed by atoms with Gasteiger partial charge in [0.15, 0.2) is 0 Å². The number of esters is 1. The van der Waals surface area contributed by atoms with Gasteiger partial charge < -0.3 is 30.3 Å². The molecule has 27 heavy (non-hydrogen) atoms. The van der Waals surface area contributed by atoms with Crippen molar-refractivity contribution >= 4 is 23.4 Å². The number of hydrogen-bond donors (Lipinski definition) is 5. The molecule has 1 aliphatic heterocycles. The Bertz CT molecular complexity index is 760. The van der Waals surface area contributed by atoms with Crippen LogP contribution in [0, 0.1) is 0 Å². The number of ketones is 1. The van der Waals surface area contributed by atoms with E-state index in [0.29, 0.717) is 0 Å². The number of ether oxygens (including phenoxy) is 1. The van der Waals surface area contributed by atoms with Gasteiger partial charge in [-0.25, -0.2) is 4.79 Å². The molecule has 0 saturated carbocycles. The molecule has 148 valence electrons. The van der Waals surface area contributed by atoms with Crippen LogP contribution in [-0.2, 0) is 16.0 Å². The lowest BCUT2D eigenvalue weighted by atomic mass is 9.96. The van der Waals surface area contributed by atoms with Gasteiger partial charge in [-0.2, -0.15) is 0 Å². The van der Waals surface area contributed by atoms with Gasteiger partial charge in [0.05, 0.1) is 23.3 Å². The molecule has 0 aliphatic carbocycles. The molecule has 4 atom stereocenters. The number of aliphatic hydroxyl groups excluding tert-OH is 3. The molecule has 0 saturated heterocycles. The van der Waals surface area contributed by atoms with Crippen molar-refractivity contribution < 1.29 is 39.9 Å². The summed E-state index contributed by atoms with van der Waals surface area (Å²) in [6, 6.07) is 0.858. The Morgan fingerprint density at radius 1 is 1.11 bits per heavy atom. The number of phenols is 2. The van der Waals surface area contributed by atoms with Crippen molar-refractivity contribution in [2.75, 3.05) is 0 Å². The van der Waals surface area contributed by atoms with Gasteiger partial charge >= 0.3 is 5.97 Å². The number of cyclic esters (lactones) is 1. The van der Waals surface area contributed by atoms with Gasteiger partial charge in [0.2, 0.25) is 0 Å². The van der Waals surface area contributed by atoms with Gasteiger partial charge in [0, 0.05) is 30.9 Å². The first-order valence-corrected chi connectivity index (χ1v) is 8.66. The zero-order chi connectivity index (χ0) is 20.3. The normalized spacial score (nSPS) is 27.6. The van der Waals surface area contributed by atoms with Crippen molar-refractivity contribution in [3.63, 3.8) is 0 Å². The molecule has 2 rings (SSSR count). The van der Waals surface area contributed by atoms with Gasteiger partial charge in [0.25, 0.3) is 0 Å². The Kier molecular flexibility index (Phi) is 6.83. The van der Waals surface area contributed by atoms with E-state index in [1.807, 2.05) is 0 Å². The van der Waals surface area contributed by atoms with E-state index in [2.05, 4.69) is 0 Å². The average Bonchev–Trinajstić information content (AvgIpc) is 2.56. The van der Waals surface area contributed by atoms with Crippen LogP contribution in [0.5, 0.6) is 11.5 Å². The minimum Gasteiger partial charge on any atom is -0.507 e. The maximum Gasteiger partial charge on any atom is 0.342 e. The molecule has 0 radical (unpaired) electrons. The summed E-state index contributed by atoms with van der Waals surface area (Å²) < 4.78 is 5.19. The number of halogens is 1. The summed E-state index contributed by atoms with van der Waals surface area (Å²) in [5, 5.41) is 49.3. The van der Waals surface area contributed by atoms with E-state index in [0.717, 1.165) is 12.1 Å². The third-order valence-electron chi connectivity index (χ3n) is 4.14. The molecule has 5 N–H and O–H groups in total. The number of fused-ring (bicyclic) bond motifs is 1. The number of aromatic hydroxyl groups is 2. The lowest BCUT2D eigenvalue weighted by Gasteiger charge is -2.20. The fourth-order valence-electron chi connectivity index (χ4n) is 2.78. The van der Waals surface area contributed by atoms with Crippen LogP contribution in [0.3, 0.4) is 0 Å². The molecule has 1 heterocycles. The Balaban J connectivity index is 2.49.